The van der Waals surface area contributed by atoms with Crippen LogP contribution in [0.1, 0.15) is 63.3 Å². The van der Waals surface area contributed by atoms with Crippen molar-refractivity contribution in [3.8, 4) is 0 Å². The minimum Gasteiger partial charge on any atom is -0.306 e. The van der Waals surface area contributed by atoms with E-state index in [1.807, 2.05) is 11.3 Å². The van der Waals surface area contributed by atoms with E-state index in [4.69, 9.17) is 0 Å². The van der Waals surface area contributed by atoms with Crippen molar-refractivity contribution in [2.75, 3.05) is 0 Å². The highest BCUT2D eigenvalue weighted by Gasteiger charge is 2.36. The zero-order valence-corrected chi connectivity index (χ0v) is 13.1. The summed E-state index contributed by atoms with van der Waals surface area (Å²) in [7, 11) is 0. The molecule has 1 aromatic rings. The Balaban J connectivity index is 1.70. The van der Waals surface area contributed by atoms with Crippen molar-refractivity contribution >= 4 is 11.3 Å². The lowest BCUT2D eigenvalue weighted by molar-refractivity contribution is 0.188. The van der Waals surface area contributed by atoms with Crippen LogP contribution in [0, 0.1) is 17.8 Å². The average Bonchev–Trinajstić information content (AvgIpc) is 3.11. The second-order valence-corrected chi connectivity index (χ2v) is 7.78. The highest BCUT2D eigenvalue weighted by molar-refractivity contribution is 7.10. The zero-order valence-electron chi connectivity index (χ0n) is 12.3. The fourth-order valence-electron chi connectivity index (χ4n) is 3.74. The minimum atomic E-state index is 0.643. The van der Waals surface area contributed by atoms with Crippen LogP contribution in [0.2, 0.25) is 0 Å². The lowest BCUT2D eigenvalue weighted by Crippen LogP contribution is -2.43. The van der Waals surface area contributed by atoms with Crippen molar-refractivity contribution in [2.45, 2.75) is 64.5 Å². The summed E-state index contributed by atoms with van der Waals surface area (Å²) in [6.07, 6.45) is 8.52. The zero-order chi connectivity index (χ0) is 13.2. The van der Waals surface area contributed by atoms with Gasteiger partial charge in [-0.2, -0.15) is 0 Å². The molecular weight excluding hydrogens is 250 g/mol. The van der Waals surface area contributed by atoms with E-state index in [9.17, 15) is 0 Å². The van der Waals surface area contributed by atoms with Gasteiger partial charge in [0.1, 0.15) is 0 Å². The Labute approximate surface area is 121 Å². The van der Waals surface area contributed by atoms with Crippen LogP contribution in [-0.2, 0) is 0 Å². The van der Waals surface area contributed by atoms with Crippen LogP contribution >= 0.6 is 11.3 Å². The van der Waals surface area contributed by atoms with E-state index in [1.165, 1.54) is 38.5 Å². The van der Waals surface area contributed by atoms with Gasteiger partial charge in [0.15, 0.2) is 0 Å². The quantitative estimate of drug-likeness (QED) is 0.798. The molecular formula is C17H27NS. The Bertz CT molecular complexity index is 380. The maximum atomic E-state index is 4.06. The first-order chi connectivity index (χ1) is 9.25. The first-order valence-corrected chi connectivity index (χ1v) is 8.93. The van der Waals surface area contributed by atoms with Gasteiger partial charge in [-0.1, -0.05) is 32.8 Å². The van der Waals surface area contributed by atoms with Crippen LogP contribution in [0.4, 0.5) is 0 Å². The lowest BCUT2D eigenvalue weighted by atomic mass is 9.77. The van der Waals surface area contributed by atoms with Crippen molar-refractivity contribution in [2.24, 2.45) is 17.8 Å². The largest absolute Gasteiger partial charge is 0.306 e. The van der Waals surface area contributed by atoms with Crippen molar-refractivity contribution in [3.63, 3.8) is 0 Å². The van der Waals surface area contributed by atoms with Gasteiger partial charge in [0.2, 0.25) is 0 Å². The van der Waals surface area contributed by atoms with Crippen LogP contribution in [0.3, 0.4) is 0 Å². The third kappa shape index (κ3) is 3.22. The fourth-order valence-corrected chi connectivity index (χ4v) is 4.62. The highest BCUT2D eigenvalue weighted by atomic mass is 32.1. The molecule has 0 radical (unpaired) electrons. The van der Waals surface area contributed by atoms with E-state index in [2.05, 4.69) is 36.7 Å². The van der Waals surface area contributed by atoms with Gasteiger partial charge < -0.3 is 5.32 Å². The summed E-state index contributed by atoms with van der Waals surface area (Å²) < 4.78 is 0. The molecule has 1 aromatic heterocycles. The molecule has 3 unspecified atom stereocenters. The maximum absolute atomic E-state index is 4.06. The predicted octanol–water partition coefficient (Wildman–Crippen LogP) is 5.00. The summed E-state index contributed by atoms with van der Waals surface area (Å²) >= 11 is 1.94. The Kier molecular flexibility index (Phi) is 4.28. The number of hydrogen-bond acceptors (Lipinski definition) is 2. The first-order valence-electron chi connectivity index (χ1n) is 8.05. The molecule has 0 spiro atoms. The van der Waals surface area contributed by atoms with Crippen LogP contribution in [0.5, 0.6) is 0 Å². The molecule has 0 aliphatic heterocycles. The molecule has 2 aliphatic carbocycles. The molecule has 1 N–H and O–H groups in total. The Hall–Kier alpha value is -0.340. The summed E-state index contributed by atoms with van der Waals surface area (Å²) in [4.78, 5) is 1.57. The van der Waals surface area contributed by atoms with Crippen molar-refractivity contribution in [1.29, 1.82) is 0 Å². The SMILES string of the molecule is CC(C)C1CCCCC1NC(c1cccs1)C1CC1. The second kappa shape index (κ2) is 5.97. The van der Waals surface area contributed by atoms with Crippen LogP contribution in [0.15, 0.2) is 17.5 Å². The van der Waals surface area contributed by atoms with E-state index >= 15 is 0 Å². The number of nitrogens with one attached hydrogen (secondary N) is 1. The van der Waals surface area contributed by atoms with Crippen LogP contribution in [0.25, 0.3) is 0 Å². The molecule has 19 heavy (non-hydrogen) atoms. The van der Waals surface area contributed by atoms with Crippen LogP contribution < -0.4 is 5.32 Å². The lowest BCUT2D eigenvalue weighted by Gasteiger charge is -2.37. The van der Waals surface area contributed by atoms with E-state index in [0.29, 0.717) is 6.04 Å². The third-order valence-corrected chi connectivity index (χ3v) is 5.97. The number of hydrogen-bond donors (Lipinski definition) is 1. The smallest absolute Gasteiger partial charge is 0.0445 e. The highest BCUT2D eigenvalue weighted by Crippen LogP contribution is 2.44. The van der Waals surface area contributed by atoms with Gasteiger partial charge in [-0.05, 0) is 54.9 Å². The number of thiophene rings is 1. The van der Waals surface area contributed by atoms with E-state index in [-0.39, 0.29) is 0 Å². The van der Waals surface area contributed by atoms with Gasteiger partial charge in [-0.25, -0.2) is 0 Å². The minimum absolute atomic E-state index is 0.643. The molecule has 2 heteroatoms. The van der Waals surface area contributed by atoms with E-state index < -0.39 is 0 Å². The first kappa shape index (κ1) is 13.6. The third-order valence-electron chi connectivity index (χ3n) is 5.01. The summed E-state index contributed by atoms with van der Waals surface area (Å²) in [5, 5.41) is 6.29. The Morgan fingerprint density at radius 2 is 1.95 bits per heavy atom. The topological polar surface area (TPSA) is 12.0 Å². The summed E-state index contributed by atoms with van der Waals surface area (Å²) in [6, 6.07) is 5.93. The normalized spacial score (nSPS) is 29.6. The fraction of sp³-hybridized carbons (Fsp3) is 0.765. The summed E-state index contributed by atoms with van der Waals surface area (Å²) in [5.41, 5.74) is 0. The molecule has 0 aromatic carbocycles. The summed E-state index contributed by atoms with van der Waals surface area (Å²) in [6.45, 7) is 4.81. The molecule has 2 fully saturated rings. The van der Waals surface area contributed by atoms with Crippen molar-refractivity contribution < 1.29 is 0 Å². The molecule has 2 aliphatic rings. The Morgan fingerprint density at radius 3 is 2.58 bits per heavy atom. The number of rotatable bonds is 5. The summed E-state index contributed by atoms with van der Waals surface area (Å²) in [5.74, 6) is 2.62. The van der Waals surface area contributed by atoms with Crippen LogP contribution in [-0.4, -0.2) is 6.04 Å². The van der Waals surface area contributed by atoms with Gasteiger partial charge >= 0.3 is 0 Å². The predicted molar refractivity (Wildman–Crippen MR) is 83.5 cm³/mol. The van der Waals surface area contributed by atoms with Gasteiger partial charge in [-0.15, -0.1) is 11.3 Å². The Morgan fingerprint density at radius 1 is 1.16 bits per heavy atom. The van der Waals surface area contributed by atoms with Crippen molar-refractivity contribution in [3.05, 3.63) is 22.4 Å². The molecule has 2 saturated carbocycles. The van der Waals surface area contributed by atoms with E-state index in [0.717, 1.165) is 23.8 Å². The average molecular weight is 277 g/mol. The molecule has 1 heterocycles. The maximum Gasteiger partial charge on any atom is 0.0445 e. The molecule has 3 atom stereocenters. The van der Waals surface area contributed by atoms with E-state index in [1.54, 1.807) is 4.88 Å². The molecule has 0 bridgehead atoms. The monoisotopic (exact) mass is 277 g/mol. The molecule has 106 valence electrons. The van der Waals surface area contributed by atoms with Gasteiger partial charge in [0.25, 0.3) is 0 Å². The molecule has 0 saturated heterocycles. The standard InChI is InChI=1S/C17H27NS/c1-12(2)14-6-3-4-7-15(14)18-17(13-9-10-13)16-8-5-11-19-16/h5,8,11-15,17-18H,3-4,6-7,9-10H2,1-2H3. The van der Waals surface area contributed by atoms with Crippen molar-refractivity contribution in [1.82, 2.24) is 5.32 Å². The second-order valence-electron chi connectivity index (χ2n) is 6.80. The van der Waals surface area contributed by atoms with Gasteiger partial charge in [0.05, 0.1) is 0 Å². The van der Waals surface area contributed by atoms with Gasteiger partial charge in [-0.3, -0.25) is 0 Å². The molecule has 0 amide bonds. The molecule has 3 rings (SSSR count). The molecule has 1 nitrogen and oxygen atoms in total. The van der Waals surface area contributed by atoms with Gasteiger partial charge in [0, 0.05) is 17.0 Å².